The number of nitriles is 1. The normalized spacial score (nSPS) is 11.7. The minimum absolute atomic E-state index is 0.612. The summed E-state index contributed by atoms with van der Waals surface area (Å²) in [6.07, 6.45) is 4.06. The molecule has 0 aliphatic rings. The fourth-order valence-corrected chi connectivity index (χ4v) is 4.61. The van der Waals surface area contributed by atoms with Gasteiger partial charge >= 0.3 is 0 Å². The average molecular weight is 453 g/mol. The maximum atomic E-state index is 10.0. The summed E-state index contributed by atoms with van der Waals surface area (Å²) in [5.74, 6) is 0. The average Bonchev–Trinajstić information content (AvgIpc) is 3.16. The molecule has 32 heavy (non-hydrogen) atoms. The molecule has 4 heteroatoms. The summed E-state index contributed by atoms with van der Waals surface area (Å²) < 4.78 is 2.16. The van der Waals surface area contributed by atoms with E-state index in [9.17, 15) is 5.26 Å². The number of para-hydroxylation sites is 1. The van der Waals surface area contributed by atoms with Crippen LogP contribution in [0.1, 0.15) is 16.7 Å². The molecule has 0 aliphatic carbocycles. The minimum Gasteiger partial charge on any atom is -0.342 e. The fourth-order valence-electron chi connectivity index (χ4n) is 4.14. The molecule has 4 aromatic carbocycles. The lowest BCUT2D eigenvalue weighted by atomic mass is 9.97. The van der Waals surface area contributed by atoms with E-state index in [1.165, 1.54) is 0 Å². The molecule has 1 aromatic heterocycles. The highest BCUT2D eigenvalue weighted by Crippen LogP contribution is 2.31. The molecule has 0 radical (unpaired) electrons. The molecule has 0 aliphatic heterocycles. The molecule has 5 rings (SSSR count). The van der Waals surface area contributed by atoms with Gasteiger partial charge in [0.1, 0.15) is 0 Å². The molecule has 5 aromatic rings. The van der Waals surface area contributed by atoms with Crippen molar-refractivity contribution < 1.29 is 0 Å². The Bertz CT molecular complexity index is 1530. The summed E-state index contributed by atoms with van der Waals surface area (Å²) in [7, 11) is 0. The fraction of sp³-hybridized carbons (Fsp3) is 0.0357. The summed E-state index contributed by atoms with van der Waals surface area (Å²) in [6.45, 7) is 0.612. The van der Waals surface area contributed by atoms with Crippen LogP contribution in [0.4, 0.5) is 0 Å². The first-order valence-electron chi connectivity index (χ1n) is 10.3. The van der Waals surface area contributed by atoms with Crippen molar-refractivity contribution in [2.45, 2.75) is 6.54 Å². The molecule has 1 heterocycles. The van der Waals surface area contributed by atoms with Crippen LogP contribution in [0.15, 0.2) is 91.1 Å². The zero-order valence-electron chi connectivity index (χ0n) is 17.1. The third-order valence-electron chi connectivity index (χ3n) is 5.68. The van der Waals surface area contributed by atoms with Crippen LogP contribution in [0.5, 0.6) is 0 Å². The Morgan fingerprint density at radius 1 is 0.875 bits per heavy atom. The number of hydrogen-bond acceptors (Lipinski definition) is 1. The van der Waals surface area contributed by atoms with Gasteiger partial charge in [-0.25, -0.2) is 0 Å². The first-order valence-corrected chi connectivity index (χ1v) is 11.0. The molecule has 0 bridgehead atoms. The molecule has 0 atom stereocenters. The van der Waals surface area contributed by atoms with Crippen molar-refractivity contribution in [1.82, 2.24) is 4.57 Å². The number of aromatic nitrogens is 1. The van der Waals surface area contributed by atoms with Gasteiger partial charge in [-0.15, -0.1) is 0 Å². The van der Waals surface area contributed by atoms with Crippen LogP contribution in [0, 0.1) is 11.3 Å². The Kier molecular flexibility index (Phi) is 5.45. The zero-order valence-corrected chi connectivity index (χ0v) is 18.6. The van der Waals surface area contributed by atoms with Crippen molar-refractivity contribution in [1.29, 1.82) is 5.26 Å². The second-order valence-electron chi connectivity index (χ2n) is 7.66. The van der Waals surface area contributed by atoms with Gasteiger partial charge in [-0.3, -0.25) is 0 Å². The third kappa shape index (κ3) is 3.78. The van der Waals surface area contributed by atoms with Gasteiger partial charge in [-0.2, -0.15) is 5.26 Å². The van der Waals surface area contributed by atoms with E-state index in [4.69, 9.17) is 23.2 Å². The number of fused-ring (bicyclic) bond motifs is 2. The smallest absolute Gasteiger partial charge is 0.0998 e. The molecule has 2 nitrogen and oxygen atoms in total. The lowest BCUT2D eigenvalue weighted by Gasteiger charge is -2.08. The van der Waals surface area contributed by atoms with E-state index < -0.39 is 0 Å². The number of nitrogens with zero attached hydrogens (tertiary/aromatic N) is 2. The molecule has 0 saturated heterocycles. The number of halogens is 2. The lowest BCUT2D eigenvalue weighted by Crippen LogP contribution is -1.98. The predicted molar refractivity (Wildman–Crippen MR) is 135 cm³/mol. The highest BCUT2D eigenvalue weighted by molar-refractivity contribution is 6.35. The van der Waals surface area contributed by atoms with Crippen molar-refractivity contribution in [3.63, 3.8) is 0 Å². The van der Waals surface area contributed by atoms with E-state index in [2.05, 4.69) is 47.2 Å². The zero-order chi connectivity index (χ0) is 22.1. The molecule has 0 N–H and O–H groups in total. The minimum atomic E-state index is 0.612. The first kappa shape index (κ1) is 20.4. The molecular weight excluding hydrogens is 435 g/mol. The van der Waals surface area contributed by atoms with Crippen molar-refractivity contribution in [2.24, 2.45) is 0 Å². The Morgan fingerprint density at radius 3 is 2.44 bits per heavy atom. The van der Waals surface area contributed by atoms with Crippen LogP contribution < -0.4 is 0 Å². The Balaban J connectivity index is 1.64. The van der Waals surface area contributed by atoms with Crippen LogP contribution in [0.2, 0.25) is 10.0 Å². The summed E-state index contributed by atoms with van der Waals surface area (Å²) >= 11 is 12.5. The second kappa shape index (κ2) is 8.55. The topological polar surface area (TPSA) is 28.7 Å². The first-order chi connectivity index (χ1) is 15.6. The lowest BCUT2D eigenvalue weighted by molar-refractivity contribution is 0.836. The van der Waals surface area contributed by atoms with Crippen molar-refractivity contribution in [3.05, 3.63) is 118 Å². The largest absolute Gasteiger partial charge is 0.342 e. The third-order valence-corrected chi connectivity index (χ3v) is 6.26. The van der Waals surface area contributed by atoms with Crippen molar-refractivity contribution in [2.75, 3.05) is 0 Å². The number of hydrogen-bond donors (Lipinski definition) is 0. The quantitative estimate of drug-likeness (QED) is 0.252. The molecule has 0 fully saturated rings. The van der Waals surface area contributed by atoms with E-state index in [1.54, 1.807) is 6.07 Å². The van der Waals surface area contributed by atoms with Crippen molar-refractivity contribution >= 4 is 56.5 Å². The van der Waals surface area contributed by atoms with Gasteiger partial charge in [0.15, 0.2) is 0 Å². The predicted octanol–water partition coefficient (Wildman–Crippen LogP) is 8.21. The van der Waals surface area contributed by atoms with E-state index in [1.807, 2.05) is 54.6 Å². The SMILES string of the molecule is N#C/C(=C/c1cn(Cc2ccc(Cl)cc2Cl)c2ccccc12)c1cccc2ccccc12. The highest BCUT2D eigenvalue weighted by Gasteiger charge is 2.12. The van der Waals surface area contributed by atoms with E-state index >= 15 is 0 Å². The number of benzene rings is 4. The Morgan fingerprint density at radius 2 is 1.62 bits per heavy atom. The Labute approximate surface area is 196 Å². The molecule has 154 valence electrons. The maximum absolute atomic E-state index is 10.0. The summed E-state index contributed by atoms with van der Waals surface area (Å²) in [6, 6.07) is 30.4. The summed E-state index contributed by atoms with van der Waals surface area (Å²) in [4.78, 5) is 0. The summed E-state index contributed by atoms with van der Waals surface area (Å²) in [5.41, 5.74) is 4.63. The highest BCUT2D eigenvalue weighted by atomic mass is 35.5. The van der Waals surface area contributed by atoms with Gasteiger partial charge in [0.05, 0.1) is 11.6 Å². The van der Waals surface area contributed by atoms with Crippen LogP contribution in [0.25, 0.3) is 33.3 Å². The van der Waals surface area contributed by atoms with Crippen LogP contribution >= 0.6 is 23.2 Å². The standard InChI is InChI=1S/C28H18Cl2N2/c29-23-13-12-20(27(30)15-23)17-32-18-22(26-9-3-4-11-28(26)32)14-21(16-31)25-10-5-7-19-6-1-2-8-24(19)25/h1-15,18H,17H2/b21-14-. The summed E-state index contributed by atoms with van der Waals surface area (Å²) in [5, 5.41) is 14.6. The van der Waals surface area contributed by atoms with Gasteiger partial charge in [0.2, 0.25) is 0 Å². The van der Waals surface area contributed by atoms with Gasteiger partial charge in [0, 0.05) is 44.8 Å². The second-order valence-corrected chi connectivity index (χ2v) is 8.51. The molecule has 0 amide bonds. The molecular formula is C28H18Cl2N2. The van der Waals surface area contributed by atoms with Crippen molar-refractivity contribution in [3.8, 4) is 6.07 Å². The van der Waals surface area contributed by atoms with E-state index in [0.29, 0.717) is 22.2 Å². The Hall–Kier alpha value is -3.51. The molecule has 0 unspecified atom stereocenters. The number of allylic oxidation sites excluding steroid dienone is 1. The molecule has 0 saturated carbocycles. The van der Waals surface area contributed by atoms with Gasteiger partial charge < -0.3 is 4.57 Å². The van der Waals surface area contributed by atoms with E-state index in [-0.39, 0.29) is 0 Å². The molecule has 0 spiro atoms. The van der Waals surface area contributed by atoms with Gasteiger partial charge in [-0.1, -0.05) is 89.9 Å². The number of rotatable bonds is 4. The van der Waals surface area contributed by atoms with Crippen LogP contribution in [0.3, 0.4) is 0 Å². The van der Waals surface area contributed by atoms with Gasteiger partial charge in [-0.05, 0) is 40.6 Å². The maximum Gasteiger partial charge on any atom is 0.0998 e. The monoisotopic (exact) mass is 452 g/mol. The van der Waals surface area contributed by atoms with Gasteiger partial charge in [0.25, 0.3) is 0 Å². The van der Waals surface area contributed by atoms with E-state index in [0.717, 1.165) is 38.4 Å². The van der Waals surface area contributed by atoms with Crippen LogP contribution in [-0.4, -0.2) is 4.57 Å². The van der Waals surface area contributed by atoms with Crippen LogP contribution in [-0.2, 0) is 6.54 Å².